The molecule has 0 aliphatic heterocycles. The number of aromatic nitrogens is 1. The summed E-state index contributed by atoms with van der Waals surface area (Å²) in [6, 6.07) is 10.0. The molecule has 0 unspecified atom stereocenters. The van der Waals surface area contributed by atoms with Crippen LogP contribution >= 0.6 is 15.9 Å². The van der Waals surface area contributed by atoms with E-state index in [0.717, 1.165) is 15.9 Å². The normalized spacial score (nSPS) is 10.7. The standard InChI is InChI=1S/C13H11BrF2N2/c14-12-6-5-11(8-18-12)17-7-9-1-3-10(4-2-9)13(15)16/h1-6,8,13,17H,7H2. The van der Waals surface area contributed by atoms with Gasteiger partial charge in [0, 0.05) is 12.1 Å². The lowest BCUT2D eigenvalue weighted by Gasteiger charge is -2.07. The molecule has 0 atom stereocenters. The highest BCUT2D eigenvalue weighted by Gasteiger charge is 2.05. The Hall–Kier alpha value is -1.49. The van der Waals surface area contributed by atoms with E-state index in [1.165, 1.54) is 12.1 Å². The Kier molecular flexibility index (Phi) is 4.25. The third-order valence-corrected chi connectivity index (χ3v) is 2.92. The van der Waals surface area contributed by atoms with E-state index >= 15 is 0 Å². The minimum atomic E-state index is -2.41. The van der Waals surface area contributed by atoms with Gasteiger partial charge in [0.15, 0.2) is 0 Å². The fraction of sp³-hybridized carbons (Fsp3) is 0.154. The van der Waals surface area contributed by atoms with E-state index in [-0.39, 0.29) is 5.56 Å². The van der Waals surface area contributed by atoms with Crippen LogP contribution in [0.4, 0.5) is 14.5 Å². The monoisotopic (exact) mass is 312 g/mol. The van der Waals surface area contributed by atoms with E-state index in [2.05, 4.69) is 26.2 Å². The van der Waals surface area contributed by atoms with Crippen LogP contribution in [0.2, 0.25) is 0 Å². The van der Waals surface area contributed by atoms with E-state index in [1.807, 2.05) is 12.1 Å². The molecule has 2 aromatic rings. The summed E-state index contributed by atoms with van der Waals surface area (Å²) in [4.78, 5) is 4.08. The predicted molar refractivity (Wildman–Crippen MR) is 70.7 cm³/mol. The molecule has 0 bridgehead atoms. The molecule has 94 valence electrons. The van der Waals surface area contributed by atoms with Crippen LogP contribution < -0.4 is 5.32 Å². The van der Waals surface area contributed by atoms with Crippen LogP contribution in [0.3, 0.4) is 0 Å². The van der Waals surface area contributed by atoms with Gasteiger partial charge < -0.3 is 5.32 Å². The number of nitrogens with zero attached hydrogens (tertiary/aromatic N) is 1. The third-order valence-electron chi connectivity index (χ3n) is 2.46. The van der Waals surface area contributed by atoms with Gasteiger partial charge >= 0.3 is 0 Å². The number of hydrogen-bond acceptors (Lipinski definition) is 2. The average molecular weight is 313 g/mol. The molecule has 1 aromatic heterocycles. The van der Waals surface area contributed by atoms with Gasteiger partial charge in [-0.2, -0.15) is 0 Å². The SMILES string of the molecule is FC(F)c1ccc(CNc2ccc(Br)nc2)cc1. The second kappa shape index (κ2) is 5.91. The highest BCUT2D eigenvalue weighted by Crippen LogP contribution is 2.19. The van der Waals surface area contributed by atoms with Crippen molar-refractivity contribution in [1.29, 1.82) is 0 Å². The Bertz CT molecular complexity index is 497. The van der Waals surface area contributed by atoms with Crippen LogP contribution in [0.25, 0.3) is 0 Å². The van der Waals surface area contributed by atoms with E-state index in [4.69, 9.17) is 0 Å². The number of nitrogens with one attached hydrogen (secondary N) is 1. The number of alkyl halides is 2. The maximum atomic E-state index is 12.4. The van der Waals surface area contributed by atoms with Gasteiger partial charge in [-0.25, -0.2) is 13.8 Å². The van der Waals surface area contributed by atoms with Crippen molar-refractivity contribution in [3.8, 4) is 0 Å². The van der Waals surface area contributed by atoms with Gasteiger partial charge in [0.1, 0.15) is 4.60 Å². The molecule has 0 aliphatic carbocycles. The molecule has 18 heavy (non-hydrogen) atoms. The Morgan fingerprint density at radius 1 is 1.11 bits per heavy atom. The lowest BCUT2D eigenvalue weighted by Crippen LogP contribution is -1.99. The zero-order valence-corrected chi connectivity index (χ0v) is 11.0. The summed E-state index contributed by atoms with van der Waals surface area (Å²) in [5, 5.41) is 3.17. The predicted octanol–water partition coefficient (Wildman–Crippen LogP) is 4.39. The van der Waals surface area contributed by atoms with Crippen LogP contribution in [0, 0.1) is 0 Å². The molecule has 2 rings (SSSR count). The lowest BCUT2D eigenvalue weighted by atomic mass is 10.1. The van der Waals surface area contributed by atoms with Crippen LogP contribution in [0.1, 0.15) is 17.6 Å². The molecule has 0 spiro atoms. The van der Waals surface area contributed by atoms with Gasteiger partial charge in [0.2, 0.25) is 0 Å². The number of anilines is 1. The van der Waals surface area contributed by atoms with E-state index in [1.54, 1.807) is 18.3 Å². The second-order valence-corrected chi connectivity index (χ2v) is 4.58. The quantitative estimate of drug-likeness (QED) is 0.847. The Labute approximate surface area is 112 Å². The molecule has 0 amide bonds. The molecular formula is C13H11BrF2N2. The van der Waals surface area contributed by atoms with E-state index in [0.29, 0.717) is 6.54 Å². The molecule has 0 radical (unpaired) electrons. The topological polar surface area (TPSA) is 24.9 Å². The van der Waals surface area contributed by atoms with Crippen molar-refractivity contribution in [2.24, 2.45) is 0 Å². The van der Waals surface area contributed by atoms with Crippen molar-refractivity contribution in [1.82, 2.24) is 4.98 Å². The Morgan fingerprint density at radius 2 is 1.83 bits per heavy atom. The number of hydrogen-bond donors (Lipinski definition) is 1. The highest BCUT2D eigenvalue weighted by molar-refractivity contribution is 9.10. The zero-order chi connectivity index (χ0) is 13.0. The molecule has 5 heteroatoms. The number of rotatable bonds is 4. The maximum Gasteiger partial charge on any atom is 0.263 e. The second-order valence-electron chi connectivity index (χ2n) is 3.77. The van der Waals surface area contributed by atoms with Crippen molar-refractivity contribution >= 4 is 21.6 Å². The third kappa shape index (κ3) is 3.50. The number of pyridine rings is 1. The molecule has 0 aliphatic rings. The van der Waals surface area contributed by atoms with Gasteiger partial charge in [-0.15, -0.1) is 0 Å². The van der Waals surface area contributed by atoms with Crippen LogP contribution in [0.5, 0.6) is 0 Å². The summed E-state index contributed by atoms with van der Waals surface area (Å²) in [5.74, 6) is 0. The van der Waals surface area contributed by atoms with Crippen LogP contribution in [0.15, 0.2) is 47.2 Å². The van der Waals surface area contributed by atoms with Crippen molar-refractivity contribution < 1.29 is 8.78 Å². The molecular weight excluding hydrogens is 302 g/mol. The van der Waals surface area contributed by atoms with Gasteiger partial charge in [0.05, 0.1) is 11.9 Å². The first-order chi connectivity index (χ1) is 8.65. The number of benzene rings is 1. The first-order valence-electron chi connectivity index (χ1n) is 5.37. The number of halogens is 3. The molecule has 1 aromatic carbocycles. The largest absolute Gasteiger partial charge is 0.380 e. The summed E-state index contributed by atoms with van der Waals surface area (Å²) in [6.07, 6.45) is -0.708. The lowest BCUT2D eigenvalue weighted by molar-refractivity contribution is 0.151. The minimum Gasteiger partial charge on any atom is -0.380 e. The Morgan fingerprint density at radius 3 is 2.39 bits per heavy atom. The summed E-state index contributed by atoms with van der Waals surface area (Å²) in [7, 11) is 0. The van der Waals surface area contributed by atoms with Gasteiger partial charge in [0.25, 0.3) is 6.43 Å². The molecule has 2 nitrogen and oxygen atoms in total. The summed E-state index contributed by atoms with van der Waals surface area (Å²) in [6.45, 7) is 0.576. The molecule has 0 fully saturated rings. The van der Waals surface area contributed by atoms with Crippen LogP contribution in [-0.2, 0) is 6.54 Å². The van der Waals surface area contributed by atoms with Crippen LogP contribution in [-0.4, -0.2) is 4.98 Å². The first-order valence-corrected chi connectivity index (χ1v) is 6.17. The first kappa shape index (κ1) is 13.0. The van der Waals surface area contributed by atoms with Gasteiger partial charge in [-0.3, -0.25) is 0 Å². The fourth-order valence-corrected chi connectivity index (χ4v) is 1.70. The van der Waals surface area contributed by atoms with E-state index in [9.17, 15) is 8.78 Å². The average Bonchev–Trinajstić information content (AvgIpc) is 2.38. The Balaban J connectivity index is 1.95. The molecule has 0 saturated carbocycles. The smallest absolute Gasteiger partial charge is 0.263 e. The van der Waals surface area contributed by atoms with Crippen molar-refractivity contribution in [2.75, 3.05) is 5.32 Å². The summed E-state index contributed by atoms with van der Waals surface area (Å²) >= 11 is 3.25. The van der Waals surface area contributed by atoms with Gasteiger partial charge in [-0.05, 0) is 33.6 Å². The molecule has 1 heterocycles. The van der Waals surface area contributed by atoms with Crippen molar-refractivity contribution in [2.45, 2.75) is 13.0 Å². The molecule has 0 saturated heterocycles. The minimum absolute atomic E-state index is 0.0454. The molecule has 1 N–H and O–H groups in total. The highest BCUT2D eigenvalue weighted by atomic mass is 79.9. The zero-order valence-electron chi connectivity index (χ0n) is 9.41. The maximum absolute atomic E-state index is 12.4. The van der Waals surface area contributed by atoms with E-state index < -0.39 is 6.43 Å². The van der Waals surface area contributed by atoms with Crippen molar-refractivity contribution in [3.63, 3.8) is 0 Å². The summed E-state index contributed by atoms with van der Waals surface area (Å²) in [5.41, 5.74) is 1.88. The van der Waals surface area contributed by atoms with Crippen molar-refractivity contribution in [3.05, 3.63) is 58.3 Å². The van der Waals surface area contributed by atoms with Gasteiger partial charge in [-0.1, -0.05) is 24.3 Å². The fourth-order valence-electron chi connectivity index (χ4n) is 1.47. The summed E-state index contributed by atoms with van der Waals surface area (Å²) < 4.78 is 25.5.